The first-order chi connectivity index (χ1) is 13.1. The first-order valence-electron chi connectivity index (χ1n) is 8.89. The van der Waals surface area contributed by atoms with Crippen LogP contribution < -0.4 is 5.56 Å². The summed E-state index contributed by atoms with van der Waals surface area (Å²) in [4.78, 5) is 42.8. The second-order valence-corrected chi connectivity index (χ2v) is 8.06. The highest BCUT2D eigenvalue weighted by Gasteiger charge is 2.26. The quantitative estimate of drug-likeness (QED) is 0.495. The lowest BCUT2D eigenvalue weighted by atomic mass is 9.96. The maximum atomic E-state index is 12.8. The summed E-state index contributed by atoms with van der Waals surface area (Å²) < 4.78 is 6.81. The van der Waals surface area contributed by atoms with Gasteiger partial charge in [0.05, 0.1) is 11.7 Å². The second kappa shape index (κ2) is 7.31. The topological polar surface area (TPSA) is 78.3 Å². The number of hydrogen-bond acceptors (Lipinski definition) is 6. The third-order valence-corrected chi connectivity index (χ3v) is 6.14. The van der Waals surface area contributed by atoms with Crippen LogP contribution in [0.3, 0.4) is 0 Å². The summed E-state index contributed by atoms with van der Waals surface area (Å²) in [6.45, 7) is 9.05. The maximum Gasteiger partial charge on any atom is 0.349 e. The number of benzene rings is 1. The molecule has 0 N–H and O–H groups in total. The fourth-order valence-corrected chi connectivity index (χ4v) is 4.14. The van der Waals surface area contributed by atoms with Crippen LogP contribution in [-0.4, -0.2) is 27.4 Å². The van der Waals surface area contributed by atoms with E-state index in [1.807, 2.05) is 32.9 Å². The van der Waals surface area contributed by atoms with Crippen LogP contribution in [0.25, 0.3) is 10.2 Å². The summed E-state index contributed by atoms with van der Waals surface area (Å²) in [5.74, 6) is -0.869. The van der Waals surface area contributed by atoms with Crippen LogP contribution in [0.5, 0.6) is 0 Å². The lowest BCUT2D eigenvalue weighted by molar-refractivity contribution is 0.0322. The van der Waals surface area contributed by atoms with E-state index in [1.54, 1.807) is 20.9 Å². The molecule has 1 atom stereocenters. The fourth-order valence-electron chi connectivity index (χ4n) is 3.12. The molecule has 28 heavy (non-hydrogen) atoms. The van der Waals surface area contributed by atoms with Gasteiger partial charge in [0.25, 0.3) is 5.56 Å². The molecule has 0 aliphatic rings. The zero-order valence-corrected chi connectivity index (χ0v) is 17.6. The minimum absolute atomic E-state index is 0.215. The number of rotatable bonds is 4. The van der Waals surface area contributed by atoms with Crippen molar-refractivity contribution < 1.29 is 14.3 Å². The molecule has 6 nitrogen and oxygen atoms in total. The molecule has 146 valence electrons. The monoisotopic (exact) mass is 398 g/mol. The Kier molecular flexibility index (Phi) is 5.21. The fraction of sp³-hybridized carbons (Fsp3) is 0.333. The summed E-state index contributed by atoms with van der Waals surface area (Å²) in [6.07, 6.45) is 0.485. The van der Waals surface area contributed by atoms with Crippen molar-refractivity contribution in [3.63, 3.8) is 0 Å². The minimum Gasteiger partial charge on any atom is -0.450 e. The molecule has 2 aromatic heterocycles. The van der Waals surface area contributed by atoms with E-state index in [2.05, 4.69) is 4.98 Å². The zero-order valence-electron chi connectivity index (χ0n) is 16.7. The molecule has 3 aromatic rings. The number of carbonyl (C=O) groups excluding carboxylic acids is 2. The first kappa shape index (κ1) is 19.9. The Balaban J connectivity index is 1.89. The summed E-state index contributed by atoms with van der Waals surface area (Å²) in [5.41, 5.74) is 3.82. The SMILES string of the molecule is Cc1cc(C)c(C(=O)C(C)OC(=O)c2sc3ncn(C)c(=O)c3c2C)cc1C. The molecule has 0 aliphatic heterocycles. The molecule has 0 fully saturated rings. The van der Waals surface area contributed by atoms with Gasteiger partial charge in [0, 0.05) is 12.6 Å². The lowest BCUT2D eigenvalue weighted by Gasteiger charge is -2.15. The maximum absolute atomic E-state index is 12.8. The number of aryl methyl sites for hydroxylation is 5. The number of aromatic nitrogens is 2. The Morgan fingerprint density at radius 3 is 2.43 bits per heavy atom. The number of hydrogen-bond donors (Lipinski definition) is 0. The van der Waals surface area contributed by atoms with E-state index in [0.29, 0.717) is 26.2 Å². The van der Waals surface area contributed by atoms with Gasteiger partial charge in [0.1, 0.15) is 9.71 Å². The Morgan fingerprint density at radius 2 is 1.75 bits per heavy atom. The van der Waals surface area contributed by atoms with E-state index in [1.165, 1.54) is 10.9 Å². The number of Topliss-reactive ketones (excluding diaryl/α,β-unsaturated/α-hetero) is 1. The molecule has 0 aliphatic carbocycles. The average molecular weight is 398 g/mol. The van der Waals surface area contributed by atoms with E-state index in [0.717, 1.165) is 28.0 Å². The molecular formula is C21H22N2O4S. The second-order valence-electron chi connectivity index (χ2n) is 7.06. The van der Waals surface area contributed by atoms with E-state index >= 15 is 0 Å². The van der Waals surface area contributed by atoms with Crippen LogP contribution in [0.1, 0.15) is 49.2 Å². The Morgan fingerprint density at radius 1 is 1.11 bits per heavy atom. The van der Waals surface area contributed by atoms with Crippen molar-refractivity contribution in [3.8, 4) is 0 Å². The van der Waals surface area contributed by atoms with Crippen molar-refractivity contribution in [1.82, 2.24) is 9.55 Å². The lowest BCUT2D eigenvalue weighted by Crippen LogP contribution is -2.25. The van der Waals surface area contributed by atoms with Crippen LogP contribution >= 0.6 is 11.3 Å². The first-order valence-corrected chi connectivity index (χ1v) is 9.71. The van der Waals surface area contributed by atoms with E-state index < -0.39 is 12.1 Å². The smallest absolute Gasteiger partial charge is 0.349 e. The van der Waals surface area contributed by atoms with Crippen LogP contribution in [0.15, 0.2) is 23.3 Å². The molecule has 0 bridgehead atoms. The minimum atomic E-state index is -0.936. The van der Waals surface area contributed by atoms with Crippen LogP contribution in [-0.2, 0) is 11.8 Å². The van der Waals surface area contributed by atoms with E-state index in [-0.39, 0.29) is 11.3 Å². The van der Waals surface area contributed by atoms with Crippen molar-refractivity contribution >= 4 is 33.3 Å². The Labute approximate surface area is 166 Å². The molecular weight excluding hydrogens is 376 g/mol. The highest BCUT2D eigenvalue weighted by atomic mass is 32.1. The van der Waals surface area contributed by atoms with Gasteiger partial charge in [-0.15, -0.1) is 11.3 Å². The van der Waals surface area contributed by atoms with Gasteiger partial charge in [-0.3, -0.25) is 9.59 Å². The normalized spacial score (nSPS) is 12.2. The molecule has 7 heteroatoms. The molecule has 1 unspecified atom stereocenters. The predicted molar refractivity (Wildman–Crippen MR) is 109 cm³/mol. The van der Waals surface area contributed by atoms with Gasteiger partial charge in [-0.05, 0) is 62.9 Å². The number of esters is 1. The van der Waals surface area contributed by atoms with Crippen molar-refractivity contribution in [2.45, 2.75) is 40.7 Å². The third kappa shape index (κ3) is 3.38. The van der Waals surface area contributed by atoms with Crippen LogP contribution in [0, 0.1) is 27.7 Å². The largest absolute Gasteiger partial charge is 0.450 e. The molecule has 0 saturated carbocycles. The van der Waals surface area contributed by atoms with Crippen molar-refractivity contribution in [3.05, 3.63) is 61.5 Å². The third-order valence-electron chi connectivity index (χ3n) is 4.96. The molecule has 3 rings (SSSR count). The van der Waals surface area contributed by atoms with Gasteiger partial charge >= 0.3 is 5.97 Å². The standard InChI is InChI=1S/C21H22N2O4S/c1-10-7-12(3)15(8-11(10)2)17(24)14(5)27-21(26)18-13(4)16-19(28-18)22-9-23(6)20(16)25/h7-9,14H,1-6H3. The number of fused-ring (bicyclic) bond motifs is 1. The Bertz CT molecular complexity index is 1170. The summed E-state index contributed by atoms with van der Waals surface area (Å²) in [7, 11) is 1.61. The highest BCUT2D eigenvalue weighted by molar-refractivity contribution is 7.20. The zero-order chi connectivity index (χ0) is 20.7. The predicted octanol–water partition coefficient (Wildman–Crippen LogP) is 3.66. The van der Waals surface area contributed by atoms with Crippen molar-refractivity contribution in [2.24, 2.45) is 7.05 Å². The molecule has 2 heterocycles. The number of nitrogens with zero attached hydrogens (tertiary/aromatic N) is 2. The van der Waals surface area contributed by atoms with Crippen LogP contribution in [0.2, 0.25) is 0 Å². The molecule has 0 amide bonds. The number of ketones is 1. The van der Waals surface area contributed by atoms with Crippen LogP contribution in [0.4, 0.5) is 0 Å². The average Bonchev–Trinajstić information content (AvgIpc) is 2.98. The molecule has 1 aromatic carbocycles. The van der Waals surface area contributed by atoms with Gasteiger partial charge in [-0.2, -0.15) is 0 Å². The number of carbonyl (C=O) groups is 2. The number of ether oxygens (including phenoxy) is 1. The van der Waals surface area contributed by atoms with Crippen molar-refractivity contribution in [1.29, 1.82) is 0 Å². The van der Waals surface area contributed by atoms with Gasteiger partial charge in [-0.25, -0.2) is 9.78 Å². The molecule has 0 saturated heterocycles. The van der Waals surface area contributed by atoms with E-state index in [9.17, 15) is 14.4 Å². The molecule has 0 radical (unpaired) electrons. The van der Waals surface area contributed by atoms with Crippen molar-refractivity contribution in [2.75, 3.05) is 0 Å². The Hall–Kier alpha value is -2.80. The number of thiophene rings is 1. The highest BCUT2D eigenvalue weighted by Crippen LogP contribution is 2.28. The molecule has 0 spiro atoms. The van der Waals surface area contributed by atoms with Gasteiger partial charge in [0.15, 0.2) is 6.10 Å². The van der Waals surface area contributed by atoms with Gasteiger partial charge in [0.2, 0.25) is 5.78 Å². The van der Waals surface area contributed by atoms with E-state index in [4.69, 9.17) is 4.74 Å². The summed E-state index contributed by atoms with van der Waals surface area (Å²) in [6, 6.07) is 3.78. The summed E-state index contributed by atoms with van der Waals surface area (Å²) >= 11 is 1.10. The van der Waals surface area contributed by atoms with Gasteiger partial charge in [-0.1, -0.05) is 6.07 Å². The van der Waals surface area contributed by atoms with Gasteiger partial charge < -0.3 is 9.30 Å². The summed E-state index contributed by atoms with van der Waals surface area (Å²) in [5, 5.41) is 0.408.